The van der Waals surface area contributed by atoms with Crippen LogP contribution >= 0.6 is 0 Å². The largest absolute Gasteiger partial charge is 0.497 e. The van der Waals surface area contributed by atoms with E-state index in [9.17, 15) is 9.90 Å². The van der Waals surface area contributed by atoms with E-state index in [-0.39, 0.29) is 5.78 Å². The standard InChI is InChI=1S/C10H12O2.C10H10O2/c2*1-3-10(11)8-5-4-6-9(7-8)12-2/h3-7,10-11H,1H2,2H3;3-7H,1H2,2H3. The lowest BCUT2D eigenvalue weighted by molar-refractivity contribution is 0.104. The Hall–Kier alpha value is -2.85. The summed E-state index contributed by atoms with van der Waals surface area (Å²) in [6, 6.07) is 14.3. The van der Waals surface area contributed by atoms with Crippen molar-refractivity contribution in [1.29, 1.82) is 0 Å². The maximum absolute atomic E-state index is 11.1. The predicted molar refractivity (Wildman–Crippen MR) is 95.7 cm³/mol. The number of aliphatic hydroxyl groups excluding tert-OH is 1. The Morgan fingerprint density at radius 3 is 2.17 bits per heavy atom. The topological polar surface area (TPSA) is 55.8 Å². The highest BCUT2D eigenvalue weighted by molar-refractivity contribution is 6.04. The van der Waals surface area contributed by atoms with Gasteiger partial charge >= 0.3 is 0 Å². The minimum atomic E-state index is -0.611. The van der Waals surface area contributed by atoms with E-state index in [4.69, 9.17) is 9.47 Å². The molecule has 0 saturated heterocycles. The average molecular weight is 326 g/mol. The van der Waals surface area contributed by atoms with Crippen LogP contribution < -0.4 is 9.47 Å². The van der Waals surface area contributed by atoms with E-state index in [1.165, 1.54) is 12.2 Å². The summed E-state index contributed by atoms with van der Waals surface area (Å²) >= 11 is 0. The van der Waals surface area contributed by atoms with Crippen LogP contribution in [0.4, 0.5) is 0 Å². The van der Waals surface area contributed by atoms with E-state index in [0.717, 1.165) is 11.3 Å². The first kappa shape index (κ1) is 19.2. The number of methoxy groups -OCH3 is 2. The molecule has 0 fully saturated rings. The molecule has 0 heterocycles. The highest BCUT2D eigenvalue weighted by Gasteiger charge is 2.02. The summed E-state index contributed by atoms with van der Waals surface area (Å²) in [4.78, 5) is 11.1. The zero-order chi connectivity index (χ0) is 17.9. The minimum absolute atomic E-state index is 0.0890. The van der Waals surface area contributed by atoms with Crippen molar-refractivity contribution in [3.63, 3.8) is 0 Å². The first-order valence-electron chi connectivity index (χ1n) is 7.31. The summed E-state index contributed by atoms with van der Waals surface area (Å²) in [5.41, 5.74) is 1.40. The van der Waals surface area contributed by atoms with Gasteiger partial charge < -0.3 is 14.6 Å². The van der Waals surface area contributed by atoms with E-state index in [0.29, 0.717) is 11.3 Å². The Bertz CT molecular complexity index is 692. The molecule has 1 unspecified atom stereocenters. The Morgan fingerprint density at radius 1 is 1.04 bits per heavy atom. The van der Waals surface area contributed by atoms with E-state index in [1.54, 1.807) is 44.6 Å². The molecule has 0 saturated carbocycles. The third-order valence-corrected chi connectivity index (χ3v) is 3.20. The number of hydrogen-bond acceptors (Lipinski definition) is 4. The van der Waals surface area contributed by atoms with E-state index >= 15 is 0 Å². The van der Waals surface area contributed by atoms with Gasteiger partial charge in [0.1, 0.15) is 11.5 Å². The second kappa shape index (κ2) is 10.0. The maximum atomic E-state index is 11.1. The molecule has 126 valence electrons. The molecule has 1 N–H and O–H groups in total. The zero-order valence-corrected chi connectivity index (χ0v) is 13.9. The smallest absolute Gasteiger partial charge is 0.185 e. The number of carbonyl (C=O) groups excluding carboxylic acids is 1. The van der Waals surface area contributed by atoms with Crippen molar-refractivity contribution in [1.82, 2.24) is 0 Å². The number of ether oxygens (including phenoxy) is 2. The fourth-order valence-electron chi connectivity index (χ4n) is 1.86. The van der Waals surface area contributed by atoms with Crippen LogP contribution in [0.15, 0.2) is 73.8 Å². The van der Waals surface area contributed by atoms with Gasteiger partial charge in [0.25, 0.3) is 0 Å². The van der Waals surface area contributed by atoms with Gasteiger partial charge in [-0.2, -0.15) is 0 Å². The third kappa shape index (κ3) is 5.74. The van der Waals surface area contributed by atoms with Gasteiger partial charge in [0.05, 0.1) is 20.3 Å². The van der Waals surface area contributed by atoms with Gasteiger partial charge in [-0.25, -0.2) is 0 Å². The van der Waals surface area contributed by atoms with Crippen LogP contribution in [-0.2, 0) is 0 Å². The van der Waals surface area contributed by atoms with Crippen molar-refractivity contribution >= 4 is 5.78 Å². The molecule has 0 spiro atoms. The van der Waals surface area contributed by atoms with Crippen LogP contribution in [0.5, 0.6) is 11.5 Å². The number of carbonyl (C=O) groups is 1. The molecular formula is C20H22O4. The van der Waals surface area contributed by atoms with Crippen molar-refractivity contribution in [2.75, 3.05) is 14.2 Å². The quantitative estimate of drug-likeness (QED) is 0.495. The van der Waals surface area contributed by atoms with Crippen LogP contribution in [0.2, 0.25) is 0 Å². The summed E-state index contributed by atoms with van der Waals surface area (Å²) in [6.07, 6.45) is 2.16. The first-order valence-corrected chi connectivity index (χ1v) is 7.31. The van der Waals surface area contributed by atoms with E-state index < -0.39 is 6.10 Å². The van der Waals surface area contributed by atoms with Gasteiger partial charge in [0.2, 0.25) is 0 Å². The molecule has 0 aliphatic rings. The fourth-order valence-corrected chi connectivity index (χ4v) is 1.86. The number of rotatable bonds is 6. The van der Waals surface area contributed by atoms with Gasteiger partial charge in [-0.3, -0.25) is 4.79 Å². The van der Waals surface area contributed by atoms with Crippen LogP contribution in [0.1, 0.15) is 22.0 Å². The number of aliphatic hydroxyl groups is 1. The molecule has 0 aromatic heterocycles. The maximum Gasteiger partial charge on any atom is 0.185 e. The van der Waals surface area contributed by atoms with Gasteiger partial charge in [-0.05, 0) is 35.9 Å². The number of ketones is 1. The van der Waals surface area contributed by atoms with Crippen molar-refractivity contribution < 1.29 is 19.4 Å². The minimum Gasteiger partial charge on any atom is -0.497 e. The lowest BCUT2D eigenvalue weighted by atomic mass is 10.1. The van der Waals surface area contributed by atoms with Gasteiger partial charge in [0, 0.05) is 5.56 Å². The molecule has 0 bridgehead atoms. The SMILES string of the molecule is C=CC(=O)c1cccc(OC)c1.C=CC(O)c1cccc(OC)c1. The average Bonchev–Trinajstić information content (AvgIpc) is 2.67. The Balaban J connectivity index is 0.000000240. The molecule has 4 nitrogen and oxygen atoms in total. The lowest BCUT2D eigenvalue weighted by Gasteiger charge is -2.06. The molecule has 2 rings (SSSR count). The zero-order valence-electron chi connectivity index (χ0n) is 13.9. The monoisotopic (exact) mass is 326 g/mol. The second-order valence-corrected chi connectivity index (χ2v) is 4.76. The number of benzene rings is 2. The molecule has 0 aliphatic heterocycles. The predicted octanol–water partition coefficient (Wildman–Crippen LogP) is 3.98. The molecular weight excluding hydrogens is 304 g/mol. The molecule has 24 heavy (non-hydrogen) atoms. The molecule has 4 heteroatoms. The van der Waals surface area contributed by atoms with Crippen LogP contribution in [0.25, 0.3) is 0 Å². The molecule has 0 amide bonds. The highest BCUT2D eigenvalue weighted by Crippen LogP contribution is 2.19. The van der Waals surface area contributed by atoms with E-state index in [2.05, 4.69) is 13.2 Å². The molecule has 0 radical (unpaired) electrons. The van der Waals surface area contributed by atoms with Crippen molar-refractivity contribution in [2.45, 2.75) is 6.10 Å². The summed E-state index contributed by atoms with van der Waals surface area (Å²) in [7, 11) is 3.16. The number of hydrogen-bond donors (Lipinski definition) is 1. The fraction of sp³-hybridized carbons (Fsp3) is 0.150. The van der Waals surface area contributed by atoms with E-state index in [1.807, 2.05) is 18.2 Å². The third-order valence-electron chi connectivity index (χ3n) is 3.20. The molecule has 1 atom stereocenters. The Morgan fingerprint density at radius 2 is 1.62 bits per heavy atom. The van der Waals surface area contributed by atoms with Gasteiger partial charge in [-0.15, -0.1) is 6.58 Å². The molecule has 2 aromatic carbocycles. The Labute approximate surface area is 142 Å². The van der Waals surface area contributed by atoms with Crippen molar-refractivity contribution in [2.24, 2.45) is 0 Å². The first-order chi connectivity index (χ1) is 11.5. The molecule has 0 aliphatic carbocycles. The summed E-state index contributed by atoms with van der Waals surface area (Å²) in [5, 5.41) is 9.38. The highest BCUT2D eigenvalue weighted by atomic mass is 16.5. The summed E-state index contributed by atoms with van der Waals surface area (Å²) in [6.45, 7) is 6.90. The normalized spacial score (nSPS) is 10.6. The summed E-state index contributed by atoms with van der Waals surface area (Å²) < 4.78 is 9.97. The van der Waals surface area contributed by atoms with Gasteiger partial charge in [0.15, 0.2) is 5.78 Å². The van der Waals surface area contributed by atoms with Crippen LogP contribution in [0.3, 0.4) is 0 Å². The van der Waals surface area contributed by atoms with Gasteiger partial charge in [-0.1, -0.05) is 36.9 Å². The lowest BCUT2D eigenvalue weighted by Crippen LogP contribution is -1.93. The second-order valence-electron chi connectivity index (χ2n) is 4.76. The van der Waals surface area contributed by atoms with Crippen molar-refractivity contribution in [3.05, 3.63) is 85.0 Å². The van der Waals surface area contributed by atoms with Crippen molar-refractivity contribution in [3.8, 4) is 11.5 Å². The summed E-state index contributed by atoms with van der Waals surface area (Å²) in [5.74, 6) is 1.34. The van der Waals surface area contributed by atoms with Crippen LogP contribution in [-0.4, -0.2) is 25.1 Å². The molecule has 2 aromatic rings. The van der Waals surface area contributed by atoms with Crippen LogP contribution in [0, 0.1) is 0 Å². The Kier molecular flexibility index (Phi) is 8.02. The number of allylic oxidation sites excluding steroid dienone is 1.